The third kappa shape index (κ3) is 2.17. The molecule has 0 unspecified atom stereocenters. The molecule has 1 heterocycles. The van der Waals surface area contributed by atoms with Crippen molar-refractivity contribution in [2.45, 2.75) is 13.3 Å². The van der Waals surface area contributed by atoms with E-state index >= 15 is 0 Å². The molecule has 2 rings (SSSR count). The van der Waals surface area contributed by atoms with Crippen LogP contribution in [-0.2, 0) is 6.42 Å². The van der Waals surface area contributed by atoms with Gasteiger partial charge in [-0.1, -0.05) is 24.3 Å². The highest BCUT2D eigenvalue weighted by Crippen LogP contribution is 2.20. The van der Waals surface area contributed by atoms with Crippen LogP contribution in [-0.4, -0.2) is 13.2 Å². The van der Waals surface area contributed by atoms with Gasteiger partial charge in [0.1, 0.15) is 11.5 Å². The van der Waals surface area contributed by atoms with Crippen LogP contribution in [0.3, 0.4) is 0 Å². The van der Waals surface area contributed by atoms with Gasteiger partial charge in [0.05, 0.1) is 29.1 Å². The Morgan fingerprint density at radius 3 is 2.80 bits per heavy atom. The summed E-state index contributed by atoms with van der Waals surface area (Å²) < 4.78 is 15.1. The first-order chi connectivity index (χ1) is 7.20. The van der Waals surface area contributed by atoms with E-state index < -0.39 is 0 Å². The zero-order chi connectivity index (χ0) is 10.8. The average molecular weight is 317 g/mol. The monoisotopic (exact) mass is 317 g/mol. The van der Waals surface area contributed by atoms with E-state index in [1.807, 2.05) is 35.9 Å². The predicted octanol–water partition coefficient (Wildman–Crippen LogP) is 2.84. The van der Waals surface area contributed by atoms with Crippen LogP contribution in [0.1, 0.15) is 12.5 Å². The Morgan fingerprint density at radius 2 is 2.27 bits per heavy atom. The molecule has 0 radical (unpaired) electrons. The van der Waals surface area contributed by atoms with Crippen LogP contribution in [0.2, 0.25) is 0 Å². The van der Waals surface area contributed by atoms with Crippen LogP contribution >= 0.6 is 22.9 Å². The summed E-state index contributed by atoms with van der Waals surface area (Å²) in [4.78, 5) is 0. The van der Waals surface area contributed by atoms with Crippen LogP contribution in [0, 0.1) is 5.82 Å². The molecule has 0 N–H and O–H groups in total. The van der Waals surface area contributed by atoms with E-state index in [0.717, 1.165) is 11.1 Å². The highest BCUT2D eigenvalue weighted by Gasteiger charge is 2.06. The first kappa shape index (κ1) is 10.5. The normalized spacial score (nSPS) is 10.6. The molecule has 15 heavy (non-hydrogen) atoms. The Hall–Kier alpha value is -0.980. The first-order valence-electron chi connectivity index (χ1n) is 4.58. The number of aromatic nitrogens is 3. The number of rotatable bonds is 2. The number of hydrogen-bond donors (Lipinski definition) is 0. The molecule has 1 aromatic carbocycles. The second kappa shape index (κ2) is 4.26. The van der Waals surface area contributed by atoms with Crippen LogP contribution in [0.4, 0.5) is 4.39 Å². The fraction of sp³-hybridized carbons (Fsp3) is 0.200. The molecule has 0 aliphatic heterocycles. The molecule has 0 aliphatic carbocycles. The SMILES string of the molecule is CCc1ccc(-c2cn(I)nn2)cc1F. The van der Waals surface area contributed by atoms with E-state index in [0.29, 0.717) is 12.1 Å². The van der Waals surface area contributed by atoms with E-state index in [1.165, 1.54) is 6.07 Å². The van der Waals surface area contributed by atoms with E-state index in [9.17, 15) is 4.39 Å². The third-order valence-corrected chi connectivity index (χ3v) is 2.67. The van der Waals surface area contributed by atoms with E-state index in [1.54, 1.807) is 15.2 Å². The summed E-state index contributed by atoms with van der Waals surface area (Å²) in [5.74, 6) is -0.182. The molecule has 0 atom stereocenters. The van der Waals surface area contributed by atoms with Crippen molar-refractivity contribution in [1.82, 2.24) is 13.2 Å². The molecule has 0 bridgehead atoms. The summed E-state index contributed by atoms with van der Waals surface area (Å²) in [5, 5.41) is 7.72. The number of aryl methyl sites for hydroxylation is 1. The van der Waals surface area contributed by atoms with Crippen molar-refractivity contribution in [2.75, 3.05) is 0 Å². The quantitative estimate of drug-likeness (QED) is 0.798. The van der Waals surface area contributed by atoms with Gasteiger partial charge in [0.25, 0.3) is 0 Å². The van der Waals surface area contributed by atoms with Gasteiger partial charge < -0.3 is 0 Å². The minimum absolute atomic E-state index is 0.182. The Bertz CT molecular complexity index is 481. The van der Waals surface area contributed by atoms with Gasteiger partial charge in [-0.15, -0.1) is 5.10 Å². The summed E-state index contributed by atoms with van der Waals surface area (Å²) in [5.41, 5.74) is 2.17. The van der Waals surface area contributed by atoms with Crippen molar-refractivity contribution in [3.05, 3.63) is 35.8 Å². The minimum Gasteiger partial charge on any atom is -0.207 e. The molecule has 3 nitrogen and oxygen atoms in total. The first-order valence-corrected chi connectivity index (χ1v) is 5.54. The molecule has 1 aromatic heterocycles. The third-order valence-electron chi connectivity index (χ3n) is 2.20. The fourth-order valence-electron chi connectivity index (χ4n) is 1.37. The van der Waals surface area contributed by atoms with Crippen LogP contribution in [0.15, 0.2) is 24.4 Å². The molecular weight excluding hydrogens is 308 g/mol. The second-order valence-corrected chi connectivity index (χ2v) is 4.14. The van der Waals surface area contributed by atoms with Gasteiger partial charge in [-0.05, 0) is 18.1 Å². The topological polar surface area (TPSA) is 30.7 Å². The minimum atomic E-state index is -0.182. The summed E-state index contributed by atoms with van der Waals surface area (Å²) in [6.45, 7) is 1.93. The van der Waals surface area contributed by atoms with Crippen molar-refractivity contribution in [3.63, 3.8) is 0 Å². The zero-order valence-corrected chi connectivity index (χ0v) is 10.3. The van der Waals surface area contributed by atoms with Gasteiger partial charge in [-0.25, -0.2) is 4.39 Å². The van der Waals surface area contributed by atoms with Gasteiger partial charge in [0.15, 0.2) is 0 Å². The highest BCUT2D eigenvalue weighted by atomic mass is 127. The number of halogens is 2. The summed E-state index contributed by atoms with van der Waals surface area (Å²) in [6, 6.07) is 5.15. The molecule has 0 saturated carbocycles. The molecule has 0 fully saturated rings. The Labute approximate surface area is 101 Å². The van der Waals surface area contributed by atoms with Gasteiger partial charge in [-0.3, -0.25) is 0 Å². The molecule has 0 spiro atoms. The molecule has 78 valence electrons. The molecule has 5 heteroatoms. The van der Waals surface area contributed by atoms with E-state index in [2.05, 4.69) is 10.3 Å². The van der Waals surface area contributed by atoms with E-state index in [4.69, 9.17) is 0 Å². The summed E-state index contributed by atoms with van der Waals surface area (Å²) in [6.07, 6.45) is 2.45. The number of hydrogen-bond acceptors (Lipinski definition) is 2. The largest absolute Gasteiger partial charge is 0.207 e. The lowest BCUT2D eigenvalue weighted by Crippen LogP contribution is -1.88. The van der Waals surface area contributed by atoms with E-state index in [-0.39, 0.29) is 5.82 Å². The summed E-state index contributed by atoms with van der Waals surface area (Å²) >= 11 is 2.00. The predicted molar refractivity (Wildman–Crippen MR) is 64.2 cm³/mol. The van der Waals surface area contributed by atoms with Crippen molar-refractivity contribution >= 4 is 22.9 Å². The molecule has 0 amide bonds. The van der Waals surface area contributed by atoms with Gasteiger partial charge in [-0.2, -0.15) is 2.90 Å². The van der Waals surface area contributed by atoms with Crippen molar-refractivity contribution < 1.29 is 4.39 Å². The lowest BCUT2D eigenvalue weighted by Gasteiger charge is -2.01. The van der Waals surface area contributed by atoms with Crippen LogP contribution in [0.25, 0.3) is 11.3 Å². The highest BCUT2D eigenvalue weighted by molar-refractivity contribution is 14.1. The lowest BCUT2D eigenvalue weighted by molar-refractivity contribution is 0.612. The second-order valence-electron chi connectivity index (χ2n) is 3.15. The smallest absolute Gasteiger partial charge is 0.127 e. The van der Waals surface area contributed by atoms with Gasteiger partial charge in [0, 0.05) is 5.56 Å². The maximum Gasteiger partial charge on any atom is 0.127 e. The van der Waals surface area contributed by atoms with Gasteiger partial charge in [0.2, 0.25) is 0 Å². The van der Waals surface area contributed by atoms with Gasteiger partial charge >= 0.3 is 0 Å². The van der Waals surface area contributed by atoms with Crippen molar-refractivity contribution in [1.29, 1.82) is 0 Å². The molecule has 2 aromatic rings. The van der Waals surface area contributed by atoms with Crippen molar-refractivity contribution in [3.8, 4) is 11.3 Å². The van der Waals surface area contributed by atoms with Crippen LogP contribution in [0.5, 0.6) is 0 Å². The zero-order valence-electron chi connectivity index (χ0n) is 8.11. The molecule has 0 aliphatic rings. The Morgan fingerprint density at radius 1 is 1.47 bits per heavy atom. The Balaban J connectivity index is 2.42. The summed E-state index contributed by atoms with van der Waals surface area (Å²) in [7, 11) is 0. The molecular formula is C10H9FIN3. The fourth-order valence-corrected chi connectivity index (χ4v) is 1.73. The maximum absolute atomic E-state index is 13.5. The molecule has 0 saturated heterocycles. The van der Waals surface area contributed by atoms with Crippen LogP contribution < -0.4 is 0 Å². The Kier molecular flexibility index (Phi) is 2.99. The number of benzene rings is 1. The lowest BCUT2D eigenvalue weighted by atomic mass is 10.1. The maximum atomic E-state index is 13.5. The average Bonchev–Trinajstić information content (AvgIpc) is 2.65. The number of nitrogens with zero attached hydrogens (tertiary/aromatic N) is 3. The standard InChI is InChI=1S/C10H9FIN3/c1-2-7-3-4-8(5-9(7)11)10-6-15(12)14-13-10/h3-6H,2H2,1H3. The van der Waals surface area contributed by atoms with Crippen molar-refractivity contribution in [2.24, 2.45) is 0 Å².